The van der Waals surface area contributed by atoms with Gasteiger partial charge in [0.25, 0.3) is 0 Å². The molecule has 0 aliphatic carbocycles. The molecule has 0 amide bonds. The molecule has 0 atom stereocenters. The summed E-state index contributed by atoms with van der Waals surface area (Å²) in [6.07, 6.45) is 3.63. The Morgan fingerprint density at radius 1 is 1.08 bits per heavy atom. The minimum atomic E-state index is 0.398. The average Bonchev–Trinajstić information content (AvgIpc) is 2.64. The Bertz CT molecular complexity index is 778. The molecule has 1 saturated heterocycles. The highest BCUT2D eigenvalue weighted by Crippen LogP contribution is 2.24. The topological polar surface area (TPSA) is 81.8 Å². The predicted molar refractivity (Wildman–Crippen MR) is 94.5 cm³/mol. The molecular formula is C16H19N7S. The van der Waals surface area contributed by atoms with Crippen LogP contribution < -0.4 is 9.80 Å². The van der Waals surface area contributed by atoms with E-state index in [4.69, 9.17) is 5.26 Å². The standard InChI is InChI=1S/C16H19N7S/c1-11-12(2)19-16(24-3)21-14(11)22-6-8-23(9-7-22)15-18-5-4-13(10-17)20-15/h4-5H,6-9H2,1-3H3. The molecule has 1 aliphatic heterocycles. The zero-order chi connectivity index (χ0) is 17.1. The lowest BCUT2D eigenvalue weighted by Crippen LogP contribution is -2.47. The van der Waals surface area contributed by atoms with Crippen molar-refractivity contribution in [2.75, 3.05) is 42.2 Å². The normalized spacial score (nSPS) is 14.6. The Morgan fingerprint density at radius 3 is 2.46 bits per heavy atom. The molecule has 7 nitrogen and oxygen atoms in total. The van der Waals surface area contributed by atoms with E-state index in [1.165, 1.54) is 0 Å². The highest BCUT2D eigenvalue weighted by Gasteiger charge is 2.22. The van der Waals surface area contributed by atoms with Crippen LogP contribution in [0.3, 0.4) is 0 Å². The molecule has 0 unspecified atom stereocenters. The molecule has 8 heteroatoms. The number of rotatable bonds is 3. The predicted octanol–water partition coefficient (Wildman–Crippen LogP) is 1.80. The molecule has 0 spiro atoms. The first-order chi connectivity index (χ1) is 11.6. The van der Waals surface area contributed by atoms with Gasteiger partial charge in [-0.05, 0) is 26.2 Å². The Hall–Kier alpha value is -2.40. The van der Waals surface area contributed by atoms with Crippen LogP contribution in [0.15, 0.2) is 17.4 Å². The molecule has 0 aromatic carbocycles. The lowest BCUT2D eigenvalue weighted by atomic mass is 10.2. The van der Waals surface area contributed by atoms with Crippen molar-refractivity contribution in [1.82, 2.24) is 19.9 Å². The fourth-order valence-electron chi connectivity index (χ4n) is 2.67. The van der Waals surface area contributed by atoms with E-state index >= 15 is 0 Å². The first-order valence-corrected chi connectivity index (χ1v) is 8.97. The van der Waals surface area contributed by atoms with Crippen LogP contribution in [0.25, 0.3) is 0 Å². The SMILES string of the molecule is CSc1nc(C)c(C)c(N2CCN(c3nccc(C#N)n3)CC2)n1. The first kappa shape index (κ1) is 16.5. The summed E-state index contributed by atoms with van der Waals surface area (Å²) in [5, 5.41) is 9.78. The number of anilines is 2. The maximum Gasteiger partial charge on any atom is 0.226 e. The molecule has 0 saturated carbocycles. The van der Waals surface area contributed by atoms with Crippen LogP contribution in [0, 0.1) is 25.2 Å². The second-order valence-corrected chi connectivity index (χ2v) is 6.35. The highest BCUT2D eigenvalue weighted by molar-refractivity contribution is 7.98. The number of aryl methyl sites for hydroxylation is 1. The number of aromatic nitrogens is 4. The van der Waals surface area contributed by atoms with E-state index in [0.29, 0.717) is 11.6 Å². The number of thioether (sulfide) groups is 1. The largest absolute Gasteiger partial charge is 0.353 e. The Morgan fingerprint density at radius 2 is 1.79 bits per heavy atom. The van der Waals surface area contributed by atoms with Gasteiger partial charge in [0.15, 0.2) is 5.16 Å². The quantitative estimate of drug-likeness (QED) is 0.617. The maximum atomic E-state index is 8.97. The zero-order valence-electron chi connectivity index (χ0n) is 14.0. The van der Waals surface area contributed by atoms with Gasteiger partial charge in [-0.1, -0.05) is 11.8 Å². The van der Waals surface area contributed by atoms with Gasteiger partial charge in [0.05, 0.1) is 0 Å². The summed E-state index contributed by atoms with van der Waals surface area (Å²) in [6, 6.07) is 3.68. The number of hydrogen-bond donors (Lipinski definition) is 0. The van der Waals surface area contributed by atoms with Crippen LogP contribution in [0.2, 0.25) is 0 Å². The number of nitriles is 1. The maximum absolute atomic E-state index is 8.97. The van der Waals surface area contributed by atoms with Crippen molar-refractivity contribution in [2.45, 2.75) is 19.0 Å². The molecule has 1 aliphatic rings. The number of piperazine rings is 1. The lowest BCUT2D eigenvalue weighted by Gasteiger charge is -2.36. The monoisotopic (exact) mass is 341 g/mol. The van der Waals surface area contributed by atoms with Crippen LogP contribution in [-0.4, -0.2) is 52.4 Å². The smallest absolute Gasteiger partial charge is 0.226 e. The van der Waals surface area contributed by atoms with E-state index in [9.17, 15) is 0 Å². The number of hydrogen-bond acceptors (Lipinski definition) is 8. The van der Waals surface area contributed by atoms with Crippen molar-refractivity contribution in [3.8, 4) is 6.07 Å². The van der Waals surface area contributed by atoms with Crippen molar-refractivity contribution < 1.29 is 0 Å². The Labute approximate surface area is 145 Å². The molecule has 0 bridgehead atoms. The van der Waals surface area contributed by atoms with Crippen LogP contribution in [0.5, 0.6) is 0 Å². The van der Waals surface area contributed by atoms with Gasteiger partial charge >= 0.3 is 0 Å². The Kier molecular flexibility index (Phi) is 4.81. The molecule has 3 rings (SSSR count). The summed E-state index contributed by atoms with van der Waals surface area (Å²) < 4.78 is 0. The molecule has 0 radical (unpaired) electrons. The molecular weight excluding hydrogens is 322 g/mol. The minimum absolute atomic E-state index is 0.398. The number of nitrogens with zero attached hydrogens (tertiary/aromatic N) is 7. The van der Waals surface area contributed by atoms with E-state index in [1.54, 1.807) is 24.0 Å². The van der Waals surface area contributed by atoms with Gasteiger partial charge in [-0.3, -0.25) is 0 Å². The van der Waals surface area contributed by atoms with E-state index in [2.05, 4.69) is 42.7 Å². The van der Waals surface area contributed by atoms with Gasteiger partial charge < -0.3 is 9.80 Å². The second kappa shape index (κ2) is 7.01. The van der Waals surface area contributed by atoms with Crippen molar-refractivity contribution in [2.24, 2.45) is 0 Å². The molecule has 1 fully saturated rings. The van der Waals surface area contributed by atoms with Crippen LogP contribution in [-0.2, 0) is 0 Å². The fourth-order valence-corrected chi connectivity index (χ4v) is 3.07. The molecule has 0 N–H and O–H groups in total. The molecule has 3 heterocycles. The van der Waals surface area contributed by atoms with Crippen molar-refractivity contribution >= 4 is 23.5 Å². The van der Waals surface area contributed by atoms with E-state index in [0.717, 1.165) is 48.4 Å². The fraction of sp³-hybridized carbons (Fsp3) is 0.438. The summed E-state index contributed by atoms with van der Waals surface area (Å²) in [5.74, 6) is 1.63. The van der Waals surface area contributed by atoms with Crippen molar-refractivity contribution in [1.29, 1.82) is 5.26 Å². The molecule has 124 valence electrons. The van der Waals surface area contributed by atoms with Crippen LogP contribution >= 0.6 is 11.8 Å². The van der Waals surface area contributed by atoms with E-state index in [1.807, 2.05) is 13.2 Å². The third-order valence-electron chi connectivity index (χ3n) is 4.15. The first-order valence-electron chi connectivity index (χ1n) is 7.74. The van der Waals surface area contributed by atoms with Crippen molar-refractivity contribution in [3.63, 3.8) is 0 Å². The van der Waals surface area contributed by atoms with Gasteiger partial charge in [-0.2, -0.15) is 5.26 Å². The molecule has 2 aromatic rings. The van der Waals surface area contributed by atoms with Crippen LogP contribution in [0.4, 0.5) is 11.8 Å². The zero-order valence-corrected chi connectivity index (χ0v) is 14.8. The van der Waals surface area contributed by atoms with E-state index < -0.39 is 0 Å². The van der Waals surface area contributed by atoms with Gasteiger partial charge in [-0.15, -0.1) is 0 Å². The van der Waals surface area contributed by atoms with E-state index in [-0.39, 0.29) is 0 Å². The average molecular weight is 341 g/mol. The summed E-state index contributed by atoms with van der Waals surface area (Å²) in [5.41, 5.74) is 2.55. The van der Waals surface area contributed by atoms with Gasteiger partial charge in [-0.25, -0.2) is 19.9 Å². The van der Waals surface area contributed by atoms with Gasteiger partial charge in [0.2, 0.25) is 5.95 Å². The second-order valence-electron chi connectivity index (χ2n) is 5.57. The van der Waals surface area contributed by atoms with Gasteiger partial charge in [0, 0.05) is 43.6 Å². The third-order valence-corrected chi connectivity index (χ3v) is 4.69. The summed E-state index contributed by atoms with van der Waals surface area (Å²) >= 11 is 1.56. The lowest BCUT2D eigenvalue weighted by molar-refractivity contribution is 0.628. The summed E-state index contributed by atoms with van der Waals surface area (Å²) in [7, 11) is 0. The van der Waals surface area contributed by atoms with Gasteiger partial charge in [0.1, 0.15) is 17.6 Å². The summed E-state index contributed by atoms with van der Waals surface area (Å²) in [4.78, 5) is 22.1. The summed E-state index contributed by atoms with van der Waals surface area (Å²) in [6.45, 7) is 7.37. The van der Waals surface area contributed by atoms with Crippen molar-refractivity contribution in [3.05, 3.63) is 29.2 Å². The molecule has 2 aromatic heterocycles. The Balaban J connectivity index is 1.76. The molecule has 24 heavy (non-hydrogen) atoms. The third kappa shape index (κ3) is 3.26. The highest BCUT2D eigenvalue weighted by atomic mass is 32.2. The minimum Gasteiger partial charge on any atom is -0.353 e. The van der Waals surface area contributed by atoms with Crippen LogP contribution in [0.1, 0.15) is 17.0 Å².